The van der Waals surface area contributed by atoms with E-state index in [9.17, 15) is 0 Å². The van der Waals surface area contributed by atoms with Crippen LogP contribution in [0.3, 0.4) is 0 Å². The lowest BCUT2D eigenvalue weighted by atomic mass is 9.92. The topological polar surface area (TPSA) is 15.3 Å². The smallest absolute Gasteiger partial charge is 0.00925 e. The predicted molar refractivity (Wildman–Crippen MR) is 67.2 cm³/mol. The van der Waals surface area contributed by atoms with E-state index in [1.165, 1.54) is 51.9 Å². The maximum absolute atomic E-state index is 3.47. The van der Waals surface area contributed by atoms with Gasteiger partial charge in [-0.1, -0.05) is 13.8 Å². The number of nitrogens with zero attached hydrogens (tertiary/aromatic N) is 1. The third kappa shape index (κ3) is 4.52. The molecule has 0 spiro atoms. The van der Waals surface area contributed by atoms with Crippen LogP contribution in [0, 0.1) is 5.92 Å². The molecule has 0 aromatic carbocycles. The molecule has 0 bridgehead atoms. The molecule has 2 heteroatoms. The van der Waals surface area contributed by atoms with E-state index in [-0.39, 0.29) is 0 Å². The summed E-state index contributed by atoms with van der Waals surface area (Å²) >= 11 is 0. The number of hydrogen-bond donors (Lipinski definition) is 1. The summed E-state index contributed by atoms with van der Waals surface area (Å²) in [7, 11) is 0. The number of nitrogens with one attached hydrogen (secondary N) is 1. The Kier molecular flexibility index (Phi) is 6.26. The SMILES string of the molecule is CCCNCCCN1CCCC(C)C1C. The van der Waals surface area contributed by atoms with Gasteiger partial charge in [-0.05, 0) is 64.7 Å². The summed E-state index contributed by atoms with van der Waals surface area (Å²) < 4.78 is 0. The van der Waals surface area contributed by atoms with Gasteiger partial charge in [-0.3, -0.25) is 0 Å². The molecule has 0 amide bonds. The van der Waals surface area contributed by atoms with Crippen molar-refractivity contribution in [3.63, 3.8) is 0 Å². The van der Waals surface area contributed by atoms with Crippen LogP contribution < -0.4 is 5.32 Å². The van der Waals surface area contributed by atoms with E-state index < -0.39 is 0 Å². The maximum Gasteiger partial charge on any atom is 0.00925 e. The van der Waals surface area contributed by atoms with E-state index in [4.69, 9.17) is 0 Å². The molecule has 1 rings (SSSR count). The van der Waals surface area contributed by atoms with Crippen LogP contribution in [0.5, 0.6) is 0 Å². The third-order valence-electron chi connectivity index (χ3n) is 3.73. The van der Waals surface area contributed by atoms with Crippen molar-refractivity contribution in [2.75, 3.05) is 26.2 Å². The number of piperidine rings is 1. The minimum Gasteiger partial charge on any atom is -0.317 e. The molecule has 1 aliphatic heterocycles. The Morgan fingerprint density at radius 1 is 1.27 bits per heavy atom. The molecular formula is C13H28N2. The standard InChI is InChI=1S/C13H28N2/c1-4-8-14-9-6-11-15-10-5-7-12(2)13(15)3/h12-14H,4-11H2,1-3H3. The maximum atomic E-state index is 3.47. The monoisotopic (exact) mass is 212 g/mol. The molecule has 2 unspecified atom stereocenters. The largest absolute Gasteiger partial charge is 0.317 e. The van der Waals surface area contributed by atoms with E-state index >= 15 is 0 Å². The molecule has 0 radical (unpaired) electrons. The first-order valence-corrected chi connectivity index (χ1v) is 6.70. The highest BCUT2D eigenvalue weighted by Crippen LogP contribution is 2.22. The molecule has 0 aromatic rings. The molecular weight excluding hydrogens is 184 g/mol. The number of rotatable bonds is 6. The summed E-state index contributed by atoms with van der Waals surface area (Å²) in [6, 6.07) is 0.796. The van der Waals surface area contributed by atoms with Gasteiger partial charge >= 0.3 is 0 Å². The van der Waals surface area contributed by atoms with Crippen molar-refractivity contribution in [1.82, 2.24) is 10.2 Å². The number of likely N-dealkylation sites (tertiary alicyclic amines) is 1. The van der Waals surface area contributed by atoms with Crippen LogP contribution in [0.15, 0.2) is 0 Å². The van der Waals surface area contributed by atoms with E-state index in [2.05, 4.69) is 31.0 Å². The fourth-order valence-corrected chi connectivity index (χ4v) is 2.45. The van der Waals surface area contributed by atoms with Crippen molar-refractivity contribution in [3.05, 3.63) is 0 Å². The van der Waals surface area contributed by atoms with Crippen LogP contribution in [0.1, 0.15) is 46.5 Å². The summed E-state index contributed by atoms with van der Waals surface area (Å²) in [6.07, 6.45) is 5.37. The molecule has 1 fully saturated rings. The molecule has 90 valence electrons. The first-order valence-electron chi connectivity index (χ1n) is 6.70. The summed E-state index contributed by atoms with van der Waals surface area (Å²) in [6.45, 7) is 12.0. The summed E-state index contributed by atoms with van der Waals surface area (Å²) in [5.74, 6) is 0.891. The molecule has 2 atom stereocenters. The zero-order valence-electron chi connectivity index (χ0n) is 10.8. The lowest BCUT2D eigenvalue weighted by molar-refractivity contribution is 0.112. The molecule has 0 saturated carbocycles. The van der Waals surface area contributed by atoms with Gasteiger partial charge in [0.2, 0.25) is 0 Å². The van der Waals surface area contributed by atoms with Crippen molar-refractivity contribution in [2.24, 2.45) is 5.92 Å². The van der Waals surface area contributed by atoms with Crippen molar-refractivity contribution >= 4 is 0 Å². The Hall–Kier alpha value is -0.0800. The van der Waals surface area contributed by atoms with Gasteiger partial charge in [-0.2, -0.15) is 0 Å². The highest BCUT2D eigenvalue weighted by molar-refractivity contribution is 4.78. The molecule has 1 aliphatic rings. The fraction of sp³-hybridized carbons (Fsp3) is 1.00. The lowest BCUT2D eigenvalue weighted by Crippen LogP contribution is -2.43. The Balaban J connectivity index is 2.09. The summed E-state index contributed by atoms with van der Waals surface area (Å²) in [5.41, 5.74) is 0. The van der Waals surface area contributed by atoms with Crippen LogP contribution in [0.4, 0.5) is 0 Å². The van der Waals surface area contributed by atoms with E-state index in [1.807, 2.05) is 0 Å². The zero-order valence-corrected chi connectivity index (χ0v) is 10.8. The van der Waals surface area contributed by atoms with Crippen LogP contribution in [0.25, 0.3) is 0 Å². The van der Waals surface area contributed by atoms with Gasteiger partial charge < -0.3 is 10.2 Å². The second-order valence-electron chi connectivity index (χ2n) is 5.00. The summed E-state index contributed by atoms with van der Waals surface area (Å²) in [5, 5.41) is 3.47. The van der Waals surface area contributed by atoms with Crippen molar-refractivity contribution in [1.29, 1.82) is 0 Å². The average Bonchev–Trinajstić information content (AvgIpc) is 2.24. The van der Waals surface area contributed by atoms with Gasteiger partial charge in [0, 0.05) is 6.04 Å². The molecule has 0 aromatic heterocycles. The number of hydrogen-bond acceptors (Lipinski definition) is 2. The lowest BCUT2D eigenvalue weighted by Gasteiger charge is -2.37. The van der Waals surface area contributed by atoms with Crippen LogP contribution in [-0.4, -0.2) is 37.1 Å². The fourth-order valence-electron chi connectivity index (χ4n) is 2.45. The van der Waals surface area contributed by atoms with Crippen molar-refractivity contribution in [2.45, 2.75) is 52.5 Å². The van der Waals surface area contributed by atoms with Crippen LogP contribution in [0.2, 0.25) is 0 Å². The van der Waals surface area contributed by atoms with Gasteiger partial charge in [0.25, 0.3) is 0 Å². The van der Waals surface area contributed by atoms with Gasteiger partial charge in [0.15, 0.2) is 0 Å². The Morgan fingerprint density at radius 3 is 2.80 bits per heavy atom. The van der Waals surface area contributed by atoms with Gasteiger partial charge in [-0.25, -0.2) is 0 Å². The minimum atomic E-state index is 0.796. The second-order valence-corrected chi connectivity index (χ2v) is 5.00. The second kappa shape index (κ2) is 7.24. The first kappa shape index (κ1) is 13.0. The minimum absolute atomic E-state index is 0.796. The predicted octanol–water partition coefficient (Wildman–Crippen LogP) is 2.50. The highest BCUT2D eigenvalue weighted by atomic mass is 15.2. The van der Waals surface area contributed by atoms with E-state index in [1.54, 1.807) is 0 Å². The molecule has 1 saturated heterocycles. The normalized spacial score (nSPS) is 28.2. The van der Waals surface area contributed by atoms with E-state index in [0.717, 1.165) is 12.0 Å². The third-order valence-corrected chi connectivity index (χ3v) is 3.73. The Bertz CT molecular complexity index is 159. The average molecular weight is 212 g/mol. The van der Waals surface area contributed by atoms with Crippen molar-refractivity contribution < 1.29 is 0 Å². The van der Waals surface area contributed by atoms with Crippen LogP contribution >= 0.6 is 0 Å². The van der Waals surface area contributed by atoms with E-state index in [0.29, 0.717) is 0 Å². The molecule has 1 heterocycles. The van der Waals surface area contributed by atoms with Crippen LogP contribution in [-0.2, 0) is 0 Å². The van der Waals surface area contributed by atoms with Gasteiger partial charge in [0.05, 0.1) is 0 Å². The highest BCUT2D eigenvalue weighted by Gasteiger charge is 2.23. The van der Waals surface area contributed by atoms with Gasteiger partial charge in [0.1, 0.15) is 0 Å². The van der Waals surface area contributed by atoms with Crippen molar-refractivity contribution in [3.8, 4) is 0 Å². The Labute approximate surface area is 95.4 Å². The molecule has 1 N–H and O–H groups in total. The molecule has 15 heavy (non-hydrogen) atoms. The zero-order chi connectivity index (χ0) is 11.1. The first-order chi connectivity index (χ1) is 7.25. The molecule has 0 aliphatic carbocycles. The Morgan fingerprint density at radius 2 is 2.07 bits per heavy atom. The van der Waals surface area contributed by atoms with Gasteiger partial charge in [-0.15, -0.1) is 0 Å². The molecule has 2 nitrogen and oxygen atoms in total. The summed E-state index contributed by atoms with van der Waals surface area (Å²) in [4.78, 5) is 2.67. The quantitative estimate of drug-likeness (QED) is 0.681.